The van der Waals surface area contributed by atoms with E-state index in [2.05, 4.69) is 34.3 Å². The van der Waals surface area contributed by atoms with Gasteiger partial charge in [0.2, 0.25) is 11.9 Å². The first-order valence-corrected chi connectivity index (χ1v) is 10.6. The second-order valence-electron chi connectivity index (χ2n) is 7.30. The average molecular weight is 443 g/mol. The summed E-state index contributed by atoms with van der Waals surface area (Å²) in [5.41, 5.74) is -0.701. The molecule has 0 spiro atoms. The Bertz CT molecular complexity index is 866. The van der Waals surface area contributed by atoms with Gasteiger partial charge in [-0.3, -0.25) is 9.36 Å². The van der Waals surface area contributed by atoms with E-state index in [4.69, 9.17) is 4.74 Å². The molecule has 0 saturated carbocycles. The van der Waals surface area contributed by atoms with Gasteiger partial charge in [0, 0.05) is 25.3 Å². The molecule has 1 saturated heterocycles. The fraction of sp³-hybridized carbons (Fsp3) is 0.526. The Morgan fingerprint density at radius 2 is 2.00 bits per heavy atom. The fourth-order valence-electron chi connectivity index (χ4n) is 3.01. The van der Waals surface area contributed by atoms with Crippen molar-refractivity contribution >= 4 is 29.3 Å². The topological polar surface area (TPSA) is 72.3 Å². The third-order valence-electron chi connectivity index (χ3n) is 4.34. The number of rotatable bonds is 7. The molecular weight excluding hydrogens is 419 g/mol. The fourth-order valence-corrected chi connectivity index (χ4v) is 3.75. The summed E-state index contributed by atoms with van der Waals surface area (Å²) < 4.78 is 45.9. The van der Waals surface area contributed by atoms with Gasteiger partial charge in [-0.05, 0) is 24.1 Å². The number of carbonyl (C=O) groups excluding carboxylic acids is 1. The van der Waals surface area contributed by atoms with Crippen LogP contribution in [0, 0.1) is 5.92 Å². The lowest BCUT2D eigenvalue weighted by Crippen LogP contribution is -2.38. The molecule has 0 bridgehead atoms. The Hall–Kier alpha value is -2.27. The number of morpholine rings is 1. The lowest BCUT2D eigenvalue weighted by molar-refractivity contribution is -0.137. The normalized spacial score (nSPS) is 14.9. The van der Waals surface area contributed by atoms with Gasteiger partial charge in [0.1, 0.15) is 0 Å². The summed E-state index contributed by atoms with van der Waals surface area (Å²) in [5, 5.41) is 11.6. The first-order chi connectivity index (χ1) is 14.2. The van der Waals surface area contributed by atoms with Crippen LogP contribution in [0.3, 0.4) is 0 Å². The average Bonchev–Trinajstić information content (AvgIpc) is 3.08. The van der Waals surface area contributed by atoms with Crippen LogP contribution in [0.15, 0.2) is 29.4 Å². The highest BCUT2D eigenvalue weighted by molar-refractivity contribution is 7.99. The van der Waals surface area contributed by atoms with Gasteiger partial charge < -0.3 is 15.0 Å². The number of amides is 1. The summed E-state index contributed by atoms with van der Waals surface area (Å²) in [6.07, 6.45) is -4.46. The number of thioether (sulfide) groups is 1. The molecule has 164 valence electrons. The molecule has 1 N–H and O–H groups in total. The Balaban J connectivity index is 1.66. The van der Waals surface area contributed by atoms with Crippen molar-refractivity contribution in [3.05, 3.63) is 29.8 Å². The van der Waals surface area contributed by atoms with Gasteiger partial charge in [0.25, 0.3) is 0 Å². The van der Waals surface area contributed by atoms with E-state index in [9.17, 15) is 18.0 Å². The van der Waals surface area contributed by atoms with E-state index in [1.165, 1.54) is 23.9 Å². The summed E-state index contributed by atoms with van der Waals surface area (Å²) >= 11 is 1.21. The van der Waals surface area contributed by atoms with Gasteiger partial charge in [-0.1, -0.05) is 31.7 Å². The molecule has 1 aromatic heterocycles. The number of halogens is 3. The van der Waals surface area contributed by atoms with Gasteiger partial charge in [0.05, 0.1) is 24.5 Å². The summed E-state index contributed by atoms with van der Waals surface area (Å²) in [6.45, 7) is 7.54. The van der Waals surface area contributed by atoms with Crippen molar-refractivity contribution in [2.45, 2.75) is 31.7 Å². The Kier molecular flexibility index (Phi) is 7.24. The smallest absolute Gasteiger partial charge is 0.378 e. The van der Waals surface area contributed by atoms with Crippen molar-refractivity contribution in [1.29, 1.82) is 0 Å². The number of alkyl halides is 3. The number of anilines is 2. The molecule has 0 atom stereocenters. The maximum atomic E-state index is 12.8. The largest absolute Gasteiger partial charge is 0.416 e. The van der Waals surface area contributed by atoms with Crippen LogP contribution in [0.5, 0.6) is 0 Å². The monoisotopic (exact) mass is 443 g/mol. The SMILES string of the molecule is CC(C)Cn1c(SCC(=O)Nc2cccc(C(F)(F)F)c2)nnc1N1CCOCC1. The zero-order valence-corrected chi connectivity index (χ0v) is 17.6. The number of carbonyl (C=O) groups is 1. The molecule has 1 aliphatic rings. The minimum atomic E-state index is -4.46. The van der Waals surface area contributed by atoms with Crippen molar-refractivity contribution in [3.63, 3.8) is 0 Å². The van der Waals surface area contributed by atoms with Gasteiger partial charge in [0.15, 0.2) is 5.16 Å². The van der Waals surface area contributed by atoms with E-state index >= 15 is 0 Å². The summed E-state index contributed by atoms with van der Waals surface area (Å²) in [5.74, 6) is 0.688. The van der Waals surface area contributed by atoms with E-state index in [1.807, 2.05) is 4.57 Å². The highest BCUT2D eigenvalue weighted by atomic mass is 32.2. The molecule has 0 radical (unpaired) electrons. The minimum Gasteiger partial charge on any atom is -0.378 e. The zero-order valence-electron chi connectivity index (χ0n) is 16.8. The molecule has 7 nitrogen and oxygen atoms in total. The predicted molar refractivity (Wildman–Crippen MR) is 109 cm³/mol. The number of ether oxygens (including phenoxy) is 1. The molecule has 0 aliphatic carbocycles. The van der Waals surface area contributed by atoms with Gasteiger partial charge in [-0.15, -0.1) is 10.2 Å². The number of nitrogens with zero attached hydrogens (tertiary/aromatic N) is 4. The van der Waals surface area contributed by atoms with E-state index in [-0.39, 0.29) is 11.4 Å². The number of aromatic nitrogens is 3. The van der Waals surface area contributed by atoms with E-state index in [0.29, 0.717) is 30.8 Å². The van der Waals surface area contributed by atoms with Crippen LogP contribution in [0.25, 0.3) is 0 Å². The molecule has 30 heavy (non-hydrogen) atoms. The van der Waals surface area contributed by atoms with Gasteiger partial charge in [-0.25, -0.2) is 0 Å². The van der Waals surface area contributed by atoms with Gasteiger partial charge >= 0.3 is 6.18 Å². The van der Waals surface area contributed by atoms with Crippen molar-refractivity contribution in [2.75, 3.05) is 42.3 Å². The quantitative estimate of drug-likeness (QED) is 0.661. The maximum absolute atomic E-state index is 12.8. The molecule has 0 unspecified atom stereocenters. The van der Waals surface area contributed by atoms with Gasteiger partial charge in [-0.2, -0.15) is 13.2 Å². The Labute approximate surface area is 177 Å². The Morgan fingerprint density at radius 1 is 1.27 bits per heavy atom. The van der Waals surface area contributed by atoms with Crippen molar-refractivity contribution in [1.82, 2.24) is 14.8 Å². The summed E-state index contributed by atoms with van der Waals surface area (Å²) in [7, 11) is 0. The standard InChI is InChI=1S/C19H24F3N5O2S/c1-13(2)11-27-17(26-6-8-29-9-7-26)24-25-18(27)30-12-16(28)23-15-5-3-4-14(10-15)19(20,21)22/h3-5,10,13H,6-9,11-12H2,1-2H3,(H,23,28). The first-order valence-electron chi connectivity index (χ1n) is 9.60. The second kappa shape index (κ2) is 9.69. The molecule has 2 aromatic rings. The van der Waals surface area contributed by atoms with E-state index < -0.39 is 17.6 Å². The summed E-state index contributed by atoms with van der Waals surface area (Å²) in [4.78, 5) is 14.4. The zero-order chi connectivity index (χ0) is 21.7. The number of hydrogen-bond acceptors (Lipinski definition) is 6. The number of hydrogen-bond donors (Lipinski definition) is 1. The molecule has 1 fully saturated rings. The van der Waals surface area contributed by atoms with E-state index in [1.54, 1.807) is 0 Å². The lowest BCUT2D eigenvalue weighted by atomic mass is 10.2. The summed E-state index contributed by atoms with van der Waals surface area (Å²) in [6, 6.07) is 4.57. The highest BCUT2D eigenvalue weighted by Crippen LogP contribution is 2.31. The molecular formula is C19H24F3N5O2S. The van der Waals surface area contributed by atoms with Crippen LogP contribution in [-0.2, 0) is 22.3 Å². The third kappa shape index (κ3) is 5.88. The molecule has 3 rings (SSSR count). The van der Waals surface area contributed by atoms with Crippen LogP contribution in [-0.4, -0.2) is 52.7 Å². The van der Waals surface area contributed by atoms with Crippen LogP contribution in [0.2, 0.25) is 0 Å². The minimum absolute atomic E-state index is 0.00951. The van der Waals surface area contributed by atoms with E-state index in [0.717, 1.165) is 31.2 Å². The number of nitrogens with one attached hydrogen (secondary N) is 1. The molecule has 2 heterocycles. The Morgan fingerprint density at radius 3 is 2.67 bits per heavy atom. The maximum Gasteiger partial charge on any atom is 0.416 e. The third-order valence-corrected chi connectivity index (χ3v) is 5.31. The van der Waals surface area contributed by atoms with Crippen LogP contribution in [0.4, 0.5) is 24.8 Å². The molecule has 1 amide bonds. The lowest BCUT2D eigenvalue weighted by Gasteiger charge is -2.28. The van der Waals surface area contributed by atoms with Crippen molar-refractivity contribution in [2.24, 2.45) is 5.92 Å². The molecule has 1 aliphatic heterocycles. The van der Waals surface area contributed by atoms with Crippen LogP contribution >= 0.6 is 11.8 Å². The number of benzene rings is 1. The molecule has 11 heteroatoms. The van der Waals surface area contributed by atoms with Crippen LogP contribution in [0.1, 0.15) is 19.4 Å². The second-order valence-corrected chi connectivity index (χ2v) is 8.24. The first kappa shape index (κ1) is 22.4. The van der Waals surface area contributed by atoms with Crippen molar-refractivity contribution in [3.8, 4) is 0 Å². The highest BCUT2D eigenvalue weighted by Gasteiger charge is 2.30. The van der Waals surface area contributed by atoms with Crippen LogP contribution < -0.4 is 10.2 Å². The predicted octanol–water partition coefficient (Wildman–Crippen LogP) is 3.52. The van der Waals surface area contributed by atoms with Crippen molar-refractivity contribution < 1.29 is 22.7 Å². The molecule has 1 aromatic carbocycles.